The highest BCUT2D eigenvalue weighted by atomic mass is 32.2. The van der Waals surface area contributed by atoms with Crippen molar-refractivity contribution >= 4 is 23.6 Å². The Morgan fingerprint density at radius 3 is 2.50 bits per heavy atom. The zero-order valence-corrected chi connectivity index (χ0v) is 8.97. The second kappa shape index (κ2) is 5.24. The first-order chi connectivity index (χ1) is 6.61. The van der Waals surface area contributed by atoms with E-state index >= 15 is 0 Å². The number of hydrogen-bond acceptors (Lipinski definition) is 3. The molecule has 2 N–H and O–H groups in total. The molecule has 1 aliphatic rings. The molecule has 1 atom stereocenters. The topological polar surface area (TPSA) is 66.4 Å². The van der Waals surface area contributed by atoms with Crippen LogP contribution in [0.1, 0.15) is 19.8 Å². The average Bonchev–Trinajstić information content (AvgIpc) is 2.19. The molecule has 0 bridgehead atoms. The standard InChI is InChI=1S/C9H15NO3S/c1-6(9(12)13)10-8(11)7-2-4-14-5-3-7/h6-7H,2-5H2,1H3,(H,10,11)(H,12,13)/t6-/m0/s1. The fraction of sp³-hybridized carbons (Fsp3) is 0.778. The van der Waals surface area contributed by atoms with Crippen molar-refractivity contribution in [3.8, 4) is 0 Å². The van der Waals surface area contributed by atoms with E-state index in [0.717, 1.165) is 24.3 Å². The van der Waals surface area contributed by atoms with Crippen LogP contribution in [0.2, 0.25) is 0 Å². The minimum absolute atomic E-state index is 0.0121. The van der Waals surface area contributed by atoms with E-state index < -0.39 is 12.0 Å². The number of carbonyl (C=O) groups is 2. The van der Waals surface area contributed by atoms with Crippen molar-refractivity contribution in [2.75, 3.05) is 11.5 Å². The third-order valence-corrected chi connectivity index (χ3v) is 3.37. The van der Waals surface area contributed by atoms with Crippen molar-refractivity contribution in [2.24, 2.45) is 5.92 Å². The molecule has 0 spiro atoms. The van der Waals surface area contributed by atoms with E-state index in [2.05, 4.69) is 5.32 Å². The van der Waals surface area contributed by atoms with Crippen molar-refractivity contribution in [3.05, 3.63) is 0 Å². The van der Waals surface area contributed by atoms with Gasteiger partial charge in [-0.15, -0.1) is 0 Å². The summed E-state index contributed by atoms with van der Waals surface area (Å²) in [5.41, 5.74) is 0. The molecule has 1 aliphatic heterocycles. The predicted octanol–water partition coefficient (Wildman–Crippen LogP) is 0.719. The molecular weight excluding hydrogens is 202 g/mol. The molecule has 0 saturated carbocycles. The molecule has 14 heavy (non-hydrogen) atoms. The fourth-order valence-corrected chi connectivity index (χ4v) is 2.46. The summed E-state index contributed by atoms with van der Waals surface area (Å²) in [6.45, 7) is 1.48. The number of aliphatic carboxylic acids is 1. The zero-order chi connectivity index (χ0) is 10.6. The lowest BCUT2D eigenvalue weighted by molar-refractivity contribution is -0.142. The lowest BCUT2D eigenvalue weighted by atomic mass is 10.0. The Hall–Kier alpha value is -0.710. The molecule has 0 aromatic carbocycles. The van der Waals surface area contributed by atoms with Crippen LogP contribution in [-0.2, 0) is 9.59 Å². The molecule has 0 aromatic heterocycles. The van der Waals surface area contributed by atoms with E-state index in [0.29, 0.717) is 0 Å². The molecule has 0 unspecified atom stereocenters. The zero-order valence-electron chi connectivity index (χ0n) is 8.16. The number of hydrogen-bond donors (Lipinski definition) is 2. The van der Waals surface area contributed by atoms with Crippen LogP contribution < -0.4 is 5.32 Å². The number of carboxylic acid groups (broad SMARTS) is 1. The first-order valence-electron chi connectivity index (χ1n) is 4.72. The first kappa shape index (κ1) is 11.4. The molecule has 1 heterocycles. The van der Waals surface area contributed by atoms with E-state index in [9.17, 15) is 9.59 Å². The minimum atomic E-state index is -0.983. The molecule has 1 saturated heterocycles. The molecule has 0 aliphatic carbocycles. The maximum atomic E-state index is 11.5. The lowest BCUT2D eigenvalue weighted by Crippen LogP contribution is -2.42. The van der Waals surface area contributed by atoms with Crippen molar-refractivity contribution in [3.63, 3.8) is 0 Å². The molecular formula is C9H15NO3S. The van der Waals surface area contributed by atoms with E-state index in [4.69, 9.17) is 5.11 Å². The summed E-state index contributed by atoms with van der Waals surface area (Å²) >= 11 is 1.84. The van der Waals surface area contributed by atoms with Crippen LogP contribution in [0.25, 0.3) is 0 Å². The molecule has 1 fully saturated rings. The summed E-state index contributed by atoms with van der Waals surface area (Å²) in [7, 11) is 0. The van der Waals surface area contributed by atoms with Gasteiger partial charge in [0.2, 0.25) is 5.91 Å². The summed E-state index contributed by atoms with van der Waals surface area (Å²) in [5, 5.41) is 11.1. The normalized spacial score (nSPS) is 20.1. The number of nitrogens with one attached hydrogen (secondary N) is 1. The van der Waals surface area contributed by atoms with E-state index in [1.807, 2.05) is 11.8 Å². The Labute approximate surface area is 87.4 Å². The Kier molecular flexibility index (Phi) is 4.25. The summed E-state index contributed by atoms with van der Waals surface area (Å²) in [6.07, 6.45) is 1.73. The quantitative estimate of drug-likeness (QED) is 0.731. The second-order valence-corrected chi connectivity index (χ2v) is 4.68. The van der Waals surface area contributed by atoms with Crippen LogP contribution in [0.5, 0.6) is 0 Å². The van der Waals surface area contributed by atoms with Crippen LogP contribution >= 0.6 is 11.8 Å². The van der Waals surface area contributed by atoms with Gasteiger partial charge in [-0.1, -0.05) is 0 Å². The number of carboxylic acids is 1. The van der Waals surface area contributed by atoms with Gasteiger partial charge in [-0.2, -0.15) is 11.8 Å². The Morgan fingerprint density at radius 1 is 1.43 bits per heavy atom. The van der Waals surface area contributed by atoms with Crippen LogP contribution in [0, 0.1) is 5.92 Å². The molecule has 1 amide bonds. The Bertz CT molecular complexity index is 226. The Morgan fingerprint density at radius 2 is 2.00 bits per heavy atom. The van der Waals surface area contributed by atoms with Crippen LogP contribution in [0.15, 0.2) is 0 Å². The van der Waals surface area contributed by atoms with Gasteiger partial charge in [0.25, 0.3) is 0 Å². The fourth-order valence-electron chi connectivity index (χ4n) is 1.35. The smallest absolute Gasteiger partial charge is 0.325 e. The van der Waals surface area contributed by atoms with Gasteiger partial charge in [-0.25, -0.2) is 0 Å². The highest BCUT2D eigenvalue weighted by Gasteiger charge is 2.23. The van der Waals surface area contributed by atoms with Crippen molar-refractivity contribution in [2.45, 2.75) is 25.8 Å². The van der Waals surface area contributed by atoms with E-state index in [1.54, 1.807) is 0 Å². The molecule has 80 valence electrons. The average molecular weight is 217 g/mol. The SMILES string of the molecule is C[C@H](NC(=O)C1CCSCC1)C(=O)O. The van der Waals surface area contributed by atoms with Crippen LogP contribution in [-0.4, -0.2) is 34.5 Å². The summed E-state index contributed by atoms with van der Waals surface area (Å²) in [4.78, 5) is 22.0. The number of thioether (sulfide) groups is 1. The van der Waals surface area contributed by atoms with Crippen LogP contribution in [0.3, 0.4) is 0 Å². The van der Waals surface area contributed by atoms with Gasteiger partial charge in [-0.05, 0) is 31.3 Å². The lowest BCUT2D eigenvalue weighted by Gasteiger charge is -2.21. The van der Waals surface area contributed by atoms with Crippen molar-refractivity contribution in [1.82, 2.24) is 5.32 Å². The summed E-state index contributed by atoms with van der Waals surface area (Å²) in [6, 6.07) is -0.780. The maximum Gasteiger partial charge on any atom is 0.325 e. The Balaban J connectivity index is 2.36. The van der Waals surface area contributed by atoms with Gasteiger partial charge in [-0.3, -0.25) is 9.59 Å². The van der Waals surface area contributed by atoms with Crippen LogP contribution in [0.4, 0.5) is 0 Å². The number of rotatable bonds is 3. The molecule has 4 nitrogen and oxygen atoms in total. The predicted molar refractivity (Wildman–Crippen MR) is 55.3 cm³/mol. The number of amides is 1. The third-order valence-electron chi connectivity index (χ3n) is 2.32. The number of carbonyl (C=O) groups excluding carboxylic acids is 1. The second-order valence-electron chi connectivity index (χ2n) is 3.46. The van der Waals surface area contributed by atoms with Gasteiger partial charge in [0.15, 0.2) is 0 Å². The highest BCUT2D eigenvalue weighted by molar-refractivity contribution is 7.99. The van der Waals surface area contributed by atoms with Gasteiger partial charge < -0.3 is 10.4 Å². The van der Waals surface area contributed by atoms with Crippen molar-refractivity contribution < 1.29 is 14.7 Å². The van der Waals surface area contributed by atoms with Gasteiger partial charge in [0.05, 0.1) is 0 Å². The van der Waals surface area contributed by atoms with E-state index in [1.165, 1.54) is 6.92 Å². The van der Waals surface area contributed by atoms with Gasteiger partial charge in [0.1, 0.15) is 6.04 Å². The van der Waals surface area contributed by atoms with E-state index in [-0.39, 0.29) is 11.8 Å². The molecule has 5 heteroatoms. The summed E-state index contributed by atoms with van der Waals surface area (Å²) < 4.78 is 0. The first-order valence-corrected chi connectivity index (χ1v) is 5.87. The molecule has 0 aromatic rings. The highest BCUT2D eigenvalue weighted by Crippen LogP contribution is 2.22. The minimum Gasteiger partial charge on any atom is -0.480 e. The van der Waals surface area contributed by atoms with Gasteiger partial charge in [0, 0.05) is 5.92 Å². The van der Waals surface area contributed by atoms with Gasteiger partial charge >= 0.3 is 5.97 Å². The molecule has 0 radical (unpaired) electrons. The maximum absolute atomic E-state index is 11.5. The summed E-state index contributed by atoms with van der Waals surface area (Å²) in [5.74, 6) is 0.917. The van der Waals surface area contributed by atoms with Crippen molar-refractivity contribution in [1.29, 1.82) is 0 Å². The monoisotopic (exact) mass is 217 g/mol. The molecule has 1 rings (SSSR count). The third kappa shape index (κ3) is 3.21. The largest absolute Gasteiger partial charge is 0.480 e.